The van der Waals surface area contributed by atoms with E-state index in [1.54, 1.807) is 27.0 Å². The molecule has 0 unspecified atom stereocenters. The first-order chi connectivity index (χ1) is 17.8. The van der Waals surface area contributed by atoms with Crippen LogP contribution in [-0.4, -0.2) is 34.2 Å². The van der Waals surface area contributed by atoms with Crippen LogP contribution in [0.4, 0.5) is 23.2 Å². The van der Waals surface area contributed by atoms with E-state index in [1.165, 1.54) is 25.3 Å². The van der Waals surface area contributed by atoms with Crippen LogP contribution in [0.5, 0.6) is 0 Å². The largest absolute Gasteiger partial charge is 0.419 e. The molecule has 1 heterocycles. The number of pyridine rings is 1. The number of benzene rings is 1. The average Bonchev–Trinajstić information content (AvgIpc) is 2.81. The number of hydrogen-bond donors (Lipinski definition) is 1. The summed E-state index contributed by atoms with van der Waals surface area (Å²) in [5.74, 6) is -0.306. The van der Waals surface area contributed by atoms with Gasteiger partial charge in [0.05, 0.1) is 10.6 Å². The molecule has 1 saturated carbocycles. The number of carbonyl (C=O) groups is 2. The summed E-state index contributed by atoms with van der Waals surface area (Å²) in [7, 11) is 1.59. The van der Waals surface area contributed by atoms with Crippen molar-refractivity contribution in [3.05, 3.63) is 58.7 Å². The fraction of sp³-hybridized carbons (Fsp3) is 0.444. The Labute approximate surface area is 225 Å². The Balaban J connectivity index is 0.000000328. The van der Waals surface area contributed by atoms with E-state index in [1.807, 2.05) is 11.0 Å². The molecular weight excluding hydrogens is 520 g/mol. The molecule has 1 aromatic carbocycles. The van der Waals surface area contributed by atoms with Gasteiger partial charge in [-0.25, -0.2) is 9.37 Å². The lowest BCUT2D eigenvalue weighted by molar-refractivity contribution is -0.138. The van der Waals surface area contributed by atoms with Crippen LogP contribution >= 0.6 is 12.2 Å². The van der Waals surface area contributed by atoms with E-state index < -0.39 is 23.0 Å². The lowest BCUT2D eigenvalue weighted by atomic mass is 9.72. The molecule has 1 aliphatic carbocycles. The molecule has 204 valence electrons. The third kappa shape index (κ3) is 7.34. The number of rotatable bonds is 7. The first-order valence-corrected chi connectivity index (χ1v) is 12.4. The number of ketones is 1. The van der Waals surface area contributed by atoms with Gasteiger partial charge in [0.2, 0.25) is 5.91 Å². The maximum atomic E-state index is 14.5. The topological polar surface area (TPSA) is 86.1 Å². The highest BCUT2D eigenvalue weighted by Crippen LogP contribution is 2.42. The molecule has 1 fully saturated rings. The van der Waals surface area contributed by atoms with Crippen LogP contribution in [0.15, 0.2) is 30.5 Å². The highest BCUT2D eigenvalue weighted by Gasteiger charge is 2.47. The Morgan fingerprint density at radius 2 is 1.89 bits per heavy atom. The van der Waals surface area contributed by atoms with Crippen molar-refractivity contribution in [3.8, 4) is 6.07 Å². The number of alkyl halides is 3. The predicted octanol–water partition coefficient (Wildman–Crippen LogP) is 5.84. The summed E-state index contributed by atoms with van der Waals surface area (Å²) in [5, 5.41) is 10.9. The van der Waals surface area contributed by atoms with Crippen LogP contribution in [-0.2, 0) is 22.2 Å². The molecule has 1 aromatic heterocycles. The van der Waals surface area contributed by atoms with Gasteiger partial charge in [-0.3, -0.25) is 9.59 Å². The third-order valence-corrected chi connectivity index (χ3v) is 6.62. The summed E-state index contributed by atoms with van der Waals surface area (Å²) in [6.07, 6.45) is 0.627. The van der Waals surface area contributed by atoms with Crippen molar-refractivity contribution in [3.63, 3.8) is 0 Å². The minimum Gasteiger partial charge on any atom is -0.359 e. The highest BCUT2D eigenvalue weighted by atomic mass is 32.1. The van der Waals surface area contributed by atoms with Gasteiger partial charge in [-0.1, -0.05) is 18.3 Å². The summed E-state index contributed by atoms with van der Waals surface area (Å²) in [6.45, 7) is 4.84. The van der Waals surface area contributed by atoms with Gasteiger partial charge in [0.1, 0.15) is 17.4 Å². The van der Waals surface area contributed by atoms with Crippen molar-refractivity contribution < 1.29 is 27.2 Å². The van der Waals surface area contributed by atoms with Crippen LogP contribution in [0.2, 0.25) is 0 Å². The normalized spacial score (nSPS) is 13.8. The zero-order valence-corrected chi connectivity index (χ0v) is 22.5. The highest BCUT2D eigenvalue weighted by molar-refractivity contribution is 7.80. The Kier molecular flexibility index (Phi) is 10.5. The van der Waals surface area contributed by atoms with Gasteiger partial charge in [0.25, 0.3) is 0 Å². The van der Waals surface area contributed by atoms with Crippen LogP contribution in [0.1, 0.15) is 68.3 Å². The Morgan fingerprint density at radius 3 is 2.34 bits per heavy atom. The average molecular weight is 551 g/mol. The first kappa shape index (κ1) is 30.8. The molecule has 6 nitrogen and oxygen atoms in total. The number of aromatic nitrogens is 1. The standard InChI is InChI=1S/C19H25FN2O2S.C8H5F3N2/c1-13(23)19(10-5-11-19)22(14(2)25)16-9-8-15(17(20)12-16)6-4-7-18(24)21-3;1-5-2-6(8(9,10)11)7(3-12)13-4-5/h8-9,12H,4-7,10-11H2,1-3H3,(H,21,24);2,4H,1H3. The lowest BCUT2D eigenvalue weighted by Gasteiger charge is -2.49. The van der Waals surface area contributed by atoms with E-state index in [9.17, 15) is 27.2 Å². The second kappa shape index (κ2) is 12.9. The van der Waals surface area contributed by atoms with Crippen molar-refractivity contribution >= 4 is 34.6 Å². The summed E-state index contributed by atoms with van der Waals surface area (Å²) in [5.41, 5.74) is -0.617. The fourth-order valence-electron chi connectivity index (χ4n) is 4.29. The predicted molar refractivity (Wildman–Crippen MR) is 140 cm³/mol. The summed E-state index contributed by atoms with van der Waals surface area (Å²) >= 11 is 5.36. The van der Waals surface area contributed by atoms with E-state index in [0.717, 1.165) is 25.3 Å². The van der Waals surface area contributed by atoms with Crippen molar-refractivity contribution in [2.75, 3.05) is 11.9 Å². The summed E-state index contributed by atoms with van der Waals surface area (Å²) in [4.78, 5) is 29.2. The van der Waals surface area contributed by atoms with Crippen molar-refractivity contribution in [2.45, 2.75) is 71.0 Å². The minimum absolute atomic E-state index is 0.0482. The number of nitriles is 1. The minimum atomic E-state index is -4.51. The number of carbonyl (C=O) groups excluding carboxylic acids is 2. The second-order valence-corrected chi connectivity index (χ2v) is 9.71. The number of nitrogens with one attached hydrogen (secondary N) is 1. The Morgan fingerprint density at radius 1 is 1.24 bits per heavy atom. The van der Waals surface area contributed by atoms with E-state index >= 15 is 0 Å². The summed E-state index contributed by atoms with van der Waals surface area (Å²) in [6, 6.07) is 7.30. The van der Waals surface area contributed by atoms with Crippen LogP contribution in [0.25, 0.3) is 0 Å². The Hall–Kier alpha value is -3.39. The molecule has 38 heavy (non-hydrogen) atoms. The summed E-state index contributed by atoms with van der Waals surface area (Å²) < 4.78 is 51.2. The van der Waals surface area contributed by atoms with E-state index in [4.69, 9.17) is 17.5 Å². The lowest BCUT2D eigenvalue weighted by Crippen LogP contribution is -2.60. The zero-order valence-electron chi connectivity index (χ0n) is 21.7. The van der Waals surface area contributed by atoms with Gasteiger partial charge >= 0.3 is 6.18 Å². The number of aryl methyl sites for hydroxylation is 2. The van der Waals surface area contributed by atoms with Crippen LogP contribution in [0.3, 0.4) is 0 Å². The SMILES string of the molecule is CNC(=O)CCCc1ccc(N(C(C)=S)C2(C(C)=O)CCC2)cc1F.Cc1cnc(C#N)c(C(F)(F)F)c1. The van der Waals surface area contributed by atoms with Crippen molar-refractivity contribution in [1.29, 1.82) is 5.26 Å². The van der Waals surface area contributed by atoms with Gasteiger partial charge in [0, 0.05) is 25.4 Å². The molecule has 0 aliphatic heterocycles. The van der Waals surface area contributed by atoms with Gasteiger partial charge < -0.3 is 10.2 Å². The fourth-order valence-corrected chi connectivity index (χ4v) is 4.57. The number of anilines is 1. The monoisotopic (exact) mass is 550 g/mol. The van der Waals surface area contributed by atoms with E-state index in [-0.39, 0.29) is 17.5 Å². The number of halogens is 4. The quantitative estimate of drug-likeness (QED) is 0.344. The third-order valence-electron chi connectivity index (χ3n) is 6.44. The molecule has 1 aliphatic rings. The van der Waals surface area contributed by atoms with Crippen molar-refractivity contribution in [1.82, 2.24) is 10.3 Å². The number of nitrogens with zero attached hydrogens (tertiary/aromatic N) is 3. The second-order valence-electron chi connectivity index (χ2n) is 9.12. The molecule has 0 bridgehead atoms. The first-order valence-electron chi connectivity index (χ1n) is 12.0. The molecule has 0 radical (unpaired) electrons. The molecular formula is C27H30F4N4O2S. The van der Waals surface area contributed by atoms with E-state index in [2.05, 4.69) is 10.3 Å². The van der Waals surface area contributed by atoms with Gasteiger partial charge in [-0.15, -0.1) is 0 Å². The van der Waals surface area contributed by atoms with Gasteiger partial charge in [-0.2, -0.15) is 18.4 Å². The number of thiocarbonyl (C=S) groups is 1. The van der Waals surface area contributed by atoms with Crippen LogP contribution in [0, 0.1) is 24.1 Å². The number of Topliss-reactive ketones (excluding diaryl/α,β-unsaturated/α-hetero) is 1. The van der Waals surface area contributed by atoms with E-state index in [0.29, 0.717) is 41.1 Å². The zero-order chi connectivity index (χ0) is 28.7. The van der Waals surface area contributed by atoms with Gasteiger partial charge in [0.15, 0.2) is 11.5 Å². The maximum Gasteiger partial charge on any atom is 0.419 e. The molecule has 0 atom stereocenters. The molecule has 1 amide bonds. The molecule has 11 heteroatoms. The number of hydrogen-bond acceptors (Lipinski definition) is 5. The molecule has 2 aromatic rings. The molecule has 1 N–H and O–H groups in total. The van der Waals surface area contributed by atoms with Gasteiger partial charge in [-0.05, 0) is 82.2 Å². The van der Waals surface area contributed by atoms with Crippen LogP contribution < -0.4 is 10.2 Å². The maximum absolute atomic E-state index is 14.5. The number of amides is 1. The van der Waals surface area contributed by atoms with Crippen molar-refractivity contribution in [2.24, 2.45) is 0 Å². The Bertz CT molecular complexity index is 1240. The smallest absolute Gasteiger partial charge is 0.359 e. The molecule has 3 rings (SSSR count). The molecule has 0 spiro atoms. The molecule has 0 saturated heterocycles.